The van der Waals surface area contributed by atoms with Crippen molar-refractivity contribution in [1.82, 2.24) is 0 Å². The Kier molecular flexibility index (Phi) is 10.4. The van der Waals surface area contributed by atoms with E-state index < -0.39 is 37.5 Å². The van der Waals surface area contributed by atoms with Crippen molar-refractivity contribution in [3.05, 3.63) is 24.3 Å². The zero-order valence-electron chi connectivity index (χ0n) is 22.0. The second-order valence-electron chi connectivity index (χ2n) is 11.9. The fourth-order valence-corrected chi connectivity index (χ4v) is 4.62. The zero-order valence-corrected chi connectivity index (χ0v) is 23.0. The van der Waals surface area contributed by atoms with Crippen molar-refractivity contribution in [2.45, 2.75) is 118 Å². The first-order chi connectivity index (χ1) is 13.7. The SMILES string of the molecule is C=C/C=C(\C)[C@H](O[Si](C)(C)C(C)(C)C)[C@@H](C)[C@H](O)C(C)(C)[C@H](O)CC(=O)OC(C)(C)C. The number of carbonyl (C=O) groups excluding carboxylic acids is 1. The van der Waals surface area contributed by atoms with Gasteiger partial charge < -0.3 is 19.4 Å². The number of ether oxygens (including phenoxy) is 1. The topological polar surface area (TPSA) is 76.0 Å². The molecular formula is C25H48O5Si. The number of esters is 1. The van der Waals surface area contributed by atoms with Gasteiger partial charge in [0, 0.05) is 11.3 Å². The smallest absolute Gasteiger partial charge is 0.308 e. The molecule has 0 unspecified atom stereocenters. The second kappa shape index (κ2) is 10.8. The number of carbonyl (C=O) groups is 1. The lowest BCUT2D eigenvalue weighted by molar-refractivity contribution is -0.161. The molecular weight excluding hydrogens is 408 g/mol. The maximum absolute atomic E-state index is 12.2. The number of rotatable bonds is 10. The Morgan fingerprint density at radius 1 is 1.06 bits per heavy atom. The van der Waals surface area contributed by atoms with Crippen LogP contribution in [0.2, 0.25) is 18.1 Å². The minimum Gasteiger partial charge on any atom is -0.460 e. The van der Waals surface area contributed by atoms with Crippen molar-refractivity contribution in [2.24, 2.45) is 11.3 Å². The van der Waals surface area contributed by atoms with Crippen LogP contribution in [0.1, 0.15) is 75.7 Å². The first-order valence-corrected chi connectivity index (χ1v) is 14.1. The summed E-state index contributed by atoms with van der Waals surface area (Å²) in [5, 5.41) is 22.2. The molecule has 2 N–H and O–H groups in total. The van der Waals surface area contributed by atoms with Crippen LogP contribution in [0.25, 0.3) is 0 Å². The van der Waals surface area contributed by atoms with Gasteiger partial charge in [0.15, 0.2) is 8.32 Å². The molecule has 0 rings (SSSR count). The number of hydrogen-bond acceptors (Lipinski definition) is 5. The van der Waals surface area contributed by atoms with Gasteiger partial charge in [-0.15, -0.1) is 0 Å². The van der Waals surface area contributed by atoms with Crippen molar-refractivity contribution >= 4 is 14.3 Å². The third-order valence-electron chi connectivity index (χ3n) is 6.43. The number of allylic oxidation sites excluding steroid dienone is 2. The normalized spacial score (nSPS) is 18.2. The van der Waals surface area contributed by atoms with Crippen LogP contribution in [-0.2, 0) is 14.0 Å². The molecule has 0 aromatic rings. The predicted octanol–water partition coefficient (Wildman–Crippen LogP) is 5.63. The minimum absolute atomic E-state index is 0.0100. The zero-order chi connectivity index (χ0) is 25.0. The molecule has 4 atom stereocenters. The summed E-state index contributed by atoms with van der Waals surface area (Å²) in [7, 11) is -2.13. The Morgan fingerprint density at radius 2 is 1.55 bits per heavy atom. The maximum atomic E-state index is 12.2. The highest BCUT2D eigenvalue weighted by molar-refractivity contribution is 6.74. The lowest BCUT2D eigenvalue weighted by Gasteiger charge is -2.45. The van der Waals surface area contributed by atoms with Gasteiger partial charge in [0.05, 0.1) is 24.7 Å². The molecule has 0 fully saturated rings. The van der Waals surface area contributed by atoms with Gasteiger partial charge >= 0.3 is 5.97 Å². The highest BCUT2D eigenvalue weighted by Crippen LogP contribution is 2.41. The van der Waals surface area contributed by atoms with Crippen molar-refractivity contribution in [1.29, 1.82) is 0 Å². The maximum Gasteiger partial charge on any atom is 0.308 e. The Bertz CT molecular complexity index is 637. The predicted molar refractivity (Wildman–Crippen MR) is 131 cm³/mol. The van der Waals surface area contributed by atoms with E-state index in [-0.39, 0.29) is 23.5 Å². The van der Waals surface area contributed by atoms with E-state index in [0.717, 1.165) is 5.57 Å². The fraction of sp³-hybridized carbons (Fsp3) is 0.800. The molecule has 31 heavy (non-hydrogen) atoms. The Labute approximate surface area is 192 Å². The molecule has 0 spiro atoms. The minimum atomic E-state index is -2.13. The van der Waals surface area contributed by atoms with Crippen LogP contribution in [-0.4, -0.2) is 48.4 Å². The largest absolute Gasteiger partial charge is 0.460 e. The summed E-state index contributed by atoms with van der Waals surface area (Å²) in [6.45, 7) is 27.5. The van der Waals surface area contributed by atoms with E-state index in [1.807, 2.05) is 19.9 Å². The molecule has 5 nitrogen and oxygen atoms in total. The molecule has 0 heterocycles. The molecule has 0 aliphatic carbocycles. The highest BCUT2D eigenvalue weighted by atomic mass is 28.4. The van der Waals surface area contributed by atoms with E-state index in [1.165, 1.54) is 0 Å². The summed E-state index contributed by atoms with van der Waals surface area (Å²) in [4.78, 5) is 12.2. The van der Waals surface area contributed by atoms with E-state index in [2.05, 4.69) is 40.4 Å². The lowest BCUT2D eigenvalue weighted by atomic mass is 9.72. The highest BCUT2D eigenvalue weighted by Gasteiger charge is 2.46. The molecule has 0 saturated carbocycles. The molecule has 0 radical (unpaired) electrons. The molecule has 6 heteroatoms. The second-order valence-corrected chi connectivity index (χ2v) is 16.6. The molecule has 0 amide bonds. The lowest BCUT2D eigenvalue weighted by Crippen LogP contribution is -2.52. The molecule has 0 aliphatic heterocycles. The first kappa shape index (κ1) is 30.0. The van der Waals surface area contributed by atoms with Gasteiger partial charge in [-0.05, 0) is 51.4 Å². The van der Waals surface area contributed by atoms with Crippen molar-refractivity contribution in [2.75, 3.05) is 0 Å². The number of aliphatic hydroxyl groups excluding tert-OH is 2. The number of hydrogen-bond donors (Lipinski definition) is 2. The average molecular weight is 457 g/mol. The molecule has 0 saturated heterocycles. The summed E-state index contributed by atoms with van der Waals surface area (Å²) < 4.78 is 12.1. The van der Waals surface area contributed by atoms with Crippen LogP contribution in [0.15, 0.2) is 24.3 Å². The fourth-order valence-electron chi connectivity index (χ4n) is 3.23. The molecule has 0 bridgehead atoms. The summed E-state index contributed by atoms with van der Waals surface area (Å²) in [6.07, 6.45) is 1.15. The average Bonchev–Trinajstić information content (AvgIpc) is 2.55. The molecule has 0 aliphatic rings. The van der Waals surface area contributed by atoms with Crippen molar-refractivity contribution < 1.29 is 24.2 Å². The van der Waals surface area contributed by atoms with Crippen LogP contribution in [0.4, 0.5) is 0 Å². The van der Waals surface area contributed by atoms with Crippen LogP contribution in [0, 0.1) is 11.3 Å². The van der Waals surface area contributed by atoms with Gasteiger partial charge in [-0.2, -0.15) is 0 Å². The Morgan fingerprint density at radius 3 is 1.94 bits per heavy atom. The quantitative estimate of drug-likeness (QED) is 0.253. The van der Waals surface area contributed by atoms with Gasteiger partial charge in [-0.3, -0.25) is 4.79 Å². The van der Waals surface area contributed by atoms with E-state index >= 15 is 0 Å². The van der Waals surface area contributed by atoms with E-state index in [1.54, 1.807) is 40.7 Å². The molecule has 0 aromatic heterocycles. The van der Waals surface area contributed by atoms with Crippen molar-refractivity contribution in [3.8, 4) is 0 Å². The summed E-state index contributed by atoms with van der Waals surface area (Å²) in [5.74, 6) is -0.793. The van der Waals surface area contributed by atoms with Crippen LogP contribution >= 0.6 is 0 Å². The van der Waals surface area contributed by atoms with Gasteiger partial charge in [0.2, 0.25) is 0 Å². The summed E-state index contributed by atoms with van der Waals surface area (Å²) >= 11 is 0. The third-order valence-corrected chi connectivity index (χ3v) is 10.9. The monoisotopic (exact) mass is 456 g/mol. The van der Waals surface area contributed by atoms with Gasteiger partial charge in [0.25, 0.3) is 0 Å². The van der Waals surface area contributed by atoms with Crippen LogP contribution < -0.4 is 0 Å². The Hall–Kier alpha value is -0.953. The summed E-state index contributed by atoms with van der Waals surface area (Å²) in [5.41, 5.74) is -0.592. The van der Waals surface area contributed by atoms with Crippen LogP contribution in [0.3, 0.4) is 0 Å². The summed E-state index contributed by atoms with van der Waals surface area (Å²) in [6, 6.07) is 0. The number of aliphatic hydroxyl groups is 2. The van der Waals surface area contributed by atoms with E-state index in [4.69, 9.17) is 9.16 Å². The molecule has 0 aromatic carbocycles. The van der Waals surface area contributed by atoms with Crippen LogP contribution in [0.5, 0.6) is 0 Å². The van der Waals surface area contributed by atoms with Crippen molar-refractivity contribution in [3.63, 3.8) is 0 Å². The van der Waals surface area contributed by atoms with Gasteiger partial charge in [-0.25, -0.2) is 0 Å². The van der Waals surface area contributed by atoms with Gasteiger partial charge in [-0.1, -0.05) is 60.3 Å². The first-order valence-electron chi connectivity index (χ1n) is 11.2. The molecule has 182 valence electrons. The Balaban J connectivity index is 5.77. The van der Waals surface area contributed by atoms with Gasteiger partial charge in [0.1, 0.15) is 5.60 Å². The van der Waals surface area contributed by atoms with E-state index in [9.17, 15) is 15.0 Å². The standard InChI is InChI=1S/C25H48O5Si/c1-14-15-17(2)21(30-31(12,13)24(7,8)9)18(3)22(28)25(10,11)19(26)16-20(27)29-23(4,5)6/h14-15,18-19,21-22,26,28H,1,16H2,2-13H3/b17-15+/t18-,19-,21+,22+/m1/s1. The third kappa shape index (κ3) is 8.83. The van der Waals surface area contributed by atoms with E-state index in [0.29, 0.717) is 0 Å².